The molecule has 0 N–H and O–H groups in total. The van der Waals surface area contributed by atoms with Crippen LogP contribution in [-0.4, -0.2) is 65.0 Å². The molecule has 2 aromatic heterocycles. The molecule has 0 amide bonds. The molecular formula is C30H32FN5O4S. The lowest BCUT2D eigenvalue weighted by Gasteiger charge is -2.51. The van der Waals surface area contributed by atoms with Crippen molar-refractivity contribution in [2.75, 3.05) is 31.3 Å². The van der Waals surface area contributed by atoms with Gasteiger partial charge in [0.25, 0.3) is 5.72 Å². The van der Waals surface area contributed by atoms with Gasteiger partial charge in [0.2, 0.25) is 0 Å². The van der Waals surface area contributed by atoms with Crippen LogP contribution in [0.1, 0.15) is 47.8 Å². The molecule has 0 saturated carbocycles. The van der Waals surface area contributed by atoms with E-state index in [9.17, 15) is 12.8 Å². The number of hydrogen-bond acceptors (Lipinski definition) is 8. The first kappa shape index (κ1) is 26.3. The number of amidine groups is 1. The molecule has 11 heteroatoms. The number of oxime groups is 1. The van der Waals surface area contributed by atoms with E-state index in [0.29, 0.717) is 31.3 Å². The second-order valence-corrected chi connectivity index (χ2v) is 14.1. The third-order valence-corrected chi connectivity index (χ3v) is 10.5. The number of aromatic nitrogens is 3. The van der Waals surface area contributed by atoms with Crippen LogP contribution < -0.4 is 0 Å². The number of aryl methyl sites for hydroxylation is 1. The molecule has 3 aromatic rings. The highest BCUT2D eigenvalue weighted by Crippen LogP contribution is 2.49. The number of piperidine rings is 1. The van der Waals surface area contributed by atoms with Crippen LogP contribution in [-0.2, 0) is 38.0 Å². The molecule has 0 radical (unpaired) electrons. The fourth-order valence-corrected chi connectivity index (χ4v) is 7.28. The summed E-state index contributed by atoms with van der Waals surface area (Å²) >= 11 is 0. The van der Waals surface area contributed by atoms with Crippen molar-refractivity contribution >= 4 is 21.7 Å². The Morgan fingerprint density at radius 1 is 1.12 bits per heavy atom. The minimum absolute atomic E-state index is 0.0241. The number of imidazole rings is 1. The van der Waals surface area contributed by atoms with Gasteiger partial charge in [-0.05, 0) is 72.7 Å². The standard InChI is InChI=1S/C30H32FN5O4S/c1-3-41(37,38)11-10-30(27-9-5-23(31)14-32-27)36-16-29(17-39-18-29)13-22(28(36)34-40-30)12-21-4-8-26(25-7-6-24(21)25)35-15-20(2)33-19-35/h4-5,8-9,12,14-15,19H,3,6-7,10-11,13,16-18H2,1-2H3/b22-12+. The van der Waals surface area contributed by atoms with E-state index in [1.165, 1.54) is 17.2 Å². The van der Waals surface area contributed by atoms with Gasteiger partial charge in [-0.3, -0.25) is 4.98 Å². The van der Waals surface area contributed by atoms with E-state index < -0.39 is 21.4 Å². The minimum Gasteiger partial charge on any atom is -0.380 e. The van der Waals surface area contributed by atoms with Gasteiger partial charge in [0.1, 0.15) is 21.3 Å². The Hall–Kier alpha value is -3.57. The van der Waals surface area contributed by atoms with Crippen LogP contribution in [0.2, 0.25) is 0 Å². The maximum atomic E-state index is 13.9. The fourth-order valence-electron chi connectivity index (χ4n) is 6.40. The number of ether oxygens (including phenoxy) is 1. The molecule has 0 bridgehead atoms. The first-order valence-corrected chi connectivity index (χ1v) is 15.8. The monoisotopic (exact) mass is 577 g/mol. The molecule has 1 aromatic carbocycles. The summed E-state index contributed by atoms with van der Waals surface area (Å²) in [5, 5.41) is 4.57. The van der Waals surface area contributed by atoms with Gasteiger partial charge in [-0.15, -0.1) is 0 Å². The van der Waals surface area contributed by atoms with Crippen LogP contribution in [0.25, 0.3) is 11.8 Å². The molecule has 3 aliphatic heterocycles. The van der Waals surface area contributed by atoms with Crippen molar-refractivity contribution in [3.63, 3.8) is 0 Å². The Bertz CT molecular complexity index is 1690. The number of benzene rings is 1. The summed E-state index contributed by atoms with van der Waals surface area (Å²) in [6, 6.07) is 7.18. The molecule has 214 valence electrons. The number of sulfone groups is 1. The molecular weight excluding hydrogens is 545 g/mol. The van der Waals surface area contributed by atoms with Gasteiger partial charge in [0.15, 0.2) is 5.84 Å². The van der Waals surface area contributed by atoms with Crippen molar-refractivity contribution in [2.45, 2.75) is 45.3 Å². The van der Waals surface area contributed by atoms with E-state index in [4.69, 9.17) is 9.57 Å². The smallest absolute Gasteiger partial charge is 0.255 e. The van der Waals surface area contributed by atoms with Gasteiger partial charge >= 0.3 is 0 Å². The van der Waals surface area contributed by atoms with Gasteiger partial charge in [-0.25, -0.2) is 17.8 Å². The number of fused-ring (bicyclic) bond motifs is 2. The number of pyridine rings is 1. The Balaban J connectivity index is 1.29. The molecule has 9 nitrogen and oxygen atoms in total. The molecule has 1 aliphatic carbocycles. The third kappa shape index (κ3) is 4.37. The SMILES string of the molecule is CCS(=O)(=O)CCC1(c2ccc(F)cn2)ON=C2/C(=C/c3ccc(-n4cnc(C)c4)c4c3CC4)CC3(COC3)CN21. The lowest BCUT2D eigenvalue weighted by molar-refractivity contribution is -0.167. The average Bonchev–Trinajstić information content (AvgIpc) is 3.52. The van der Waals surface area contributed by atoms with Crippen LogP contribution in [0.5, 0.6) is 0 Å². The molecule has 1 atom stereocenters. The Labute approximate surface area is 238 Å². The Morgan fingerprint density at radius 2 is 1.95 bits per heavy atom. The number of nitrogens with zero attached hydrogens (tertiary/aromatic N) is 5. The van der Waals surface area contributed by atoms with Crippen molar-refractivity contribution < 1.29 is 22.4 Å². The van der Waals surface area contributed by atoms with Gasteiger partial charge in [0, 0.05) is 36.0 Å². The summed E-state index contributed by atoms with van der Waals surface area (Å²) in [5.41, 5.74) is 5.95. The zero-order chi connectivity index (χ0) is 28.4. The van der Waals surface area contributed by atoms with Gasteiger partial charge in [0.05, 0.1) is 37.2 Å². The van der Waals surface area contributed by atoms with Gasteiger partial charge in [-0.2, -0.15) is 0 Å². The van der Waals surface area contributed by atoms with Crippen molar-refractivity contribution in [3.8, 4) is 5.69 Å². The van der Waals surface area contributed by atoms with E-state index in [2.05, 4.69) is 37.9 Å². The first-order chi connectivity index (χ1) is 19.7. The summed E-state index contributed by atoms with van der Waals surface area (Å²) in [7, 11) is -3.31. The zero-order valence-corrected chi connectivity index (χ0v) is 24.0. The zero-order valence-electron chi connectivity index (χ0n) is 23.1. The Kier molecular flexibility index (Phi) is 6.09. The second kappa shape index (κ2) is 9.49. The topological polar surface area (TPSA) is 98.9 Å². The summed E-state index contributed by atoms with van der Waals surface area (Å²) in [5.74, 6) is 0.119. The van der Waals surface area contributed by atoms with Crippen LogP contribution in [0, 0.1) is 18.2 Å². The van der Waals surface area contributed by atoms with E-state index in [1.807, 2.05) is 24.3 Å². The molecule has 2 saturated heterocycles. The van der Waals surface area contributed by atoms with Crippen LogP contribution in [0.15, 0.2) is 53.7 Å². The largest absolute Gasteiger partial charge is 0.380 e. The minimum atomic E-state index is -3.31. The van der Waals surface area contributed by atoms with Crippen molar-refractivity contribution in [1.82, 2.24) is 19.4 Å². The van der Waals surface area contributed by atoms with Crippen LogP contribution in [0.4, 0.5) is 4.39 Å². The quantitative estimate of drug-likeness (QED) is 0.420. The van der Waals surface area contributed by atoms with E-state index >= 15 is 0 Å². The summed E-state index contributed by atoms with van der Waals surface area (Å²) in [4.78, 5) is 17.0. The molecule has 7 rings (SSSR count). The maximum absolute atomic E-state index is 13.9. The predicted octanol–water partition coefficient (Wildman–Crippen LogP) is 3.94. The highest BCUT2D eigenvalue weighted by Gasteiger charge is 2.57. The molecule has 4 aliphatic rings. The molecule has 41 heavy (non-hydrogen) atoms. The first-order valence-electron chi connectivity index (χ1n) is 14.0. The van der Waals surface area contributed by atoms with Crippen LogP contribution >= 0.6 is 0 Å². The molecule has 1 spiro atoms. The molecule has 1 unspecified atom stereocenters. The average molecular weight is 578 g/mol. The van der Waals surface area contributed by atoms with Gasteiger partial charge < -0.3 is 19.0 Å². The second-order valence-electron chi connectivity index (χ2n) is 11.6. The molecule has 5 heterocycles. The van der Waals surface area contributed by atoms with Crippen molar-refractivity contribution in [2.24, 2.45) is 10.6 Å². The number of rotatable bonds is 7. The van der Waals surface area contributed by atoms with E-state index in [1.54, 1.807) is 13.0 Å². The van der Waals surface area contributed by atoms with E-state index in [-0.39, 0.29) is 23.3 Å². The lowest BCUT2D eigenvalue weighted by atomic mass is 9.74. The number of halogens is 1. The maximum Gasteiger partial charge on any atom is 0.255 e. The Morgan fingerprint density at radius 3 is 2.59 bits per heavy atom. The highest BCUT2D eigenvalue weighted by molar-refractivity contribution is 7.91. The third-order valence-electron chi connectivity index (χ3n) is 8.84. The predicted molar refractivity (Wildman–Crippen MR) is 152 cm³/mol. The highest BCUT2D eigenvalue weighted by atomic mass is 32.2. The number of hydrogen-bond donors (Lipinski definition) is 0. The summed E-state index contributed by atoms with van der Waals surface area (Å²) < 4.78 is 46.9. The van der Waals surface area contributed by atoms with E-state index in [0.717, 1.165) is 48.0 Å². The molecule has 2 fully saturated rings. The van der Waals surface area contributed by atoms with Crippen LogP contribution in [0.3, 0.4) is 0 Å². The summed E-state index contributed by atoms with van der Waals surface area (Å²) in [6.45, 7) is 5.37. The van der Waals surface area contributed by atoms with Gasteiger partial charge in [-0.1, -0.05) is 18.1 Å². The lowest BCUT2D eigenvalue weighted by Crippen LogP contribution is -2.61. The van der Waals surface area contributed by atoms with Crippen molar-refractivity contribution in [1.29, 1.82) is 0 Å². The summed E-state index contributed by atoms with van der Waals surface area (Å²) in [6.07, 6.45) is 10.1. The van der Waals surface area contributed by atoms with Crippen molar-refractivity contribution in [3.05, 3.63) is 82.5 Å². The fraction of sp³-hybridized carbons (Fsp3) is 0.433. The normalized spacial score (nSPS) is 23.4.